The molecule has 7 nitrogen and oxygen atoms in total. The van der Waals surface area contributed by atoms with Crippen LogP contribution < -0.4 is 16.5 Å². The number of halogens is 4. The number of likely N-dealkylation sites (tertiary alicyclic amines) is 1. The van der Waals surface area contributed by atoms with Crippen LogP contribution >= 0.6 is 0 Å². The van der Waals surface area contributed by atoms with E-state index in [1.807, 2.05) is 7.05 Å². The van der Waals surface area contributed by atoms with Crippen LogP contribution in [0.25, 0.3) is 5.52 Å². The van der Waals surface area contributed by atoms with Gasteiger partial charge in [0, 0.05) is 31.5 Å². The van der Waals surface area contributed by atoms with Gasteiger partial charge in [-0.3, -0.25) is 18.8 Å². The van der Waals surface area contributed by atoms with E-state index in [-0.39, 0.29) is 29.9 Å². The first kappa shape index (κ1) is 26.9. The number of aromatic nitrogens is 2. The second-order valence-electron chi connectivity index (χ2n) is 13.5. The Hall–Kier alpha value is -1.95. The van der Waals surface area contributed by atoms with Gasteiger partial charge in [-0.15, -0.1) is 0 Å². The molecule has 2 N–H and O–H groups in total. The quantitative estimate of drug-likeness (QED) is 0.506. The summed E-state index contributed by atoms with van der Waals surface area (Å²) in [5.41, 5.74) is 6.00. The van der Waals surface area contributed by atoms with E-state index in [4.69, 9.17) is 0 Å². The van der Waals surface area contributed by atoms with Crippen LogP contribution in [0.4, 0.5) is 17.6 Å². The molecule has 2 saturated heterocycles. The molecule has 4 unspecified atom stereocenters. The summed E-state index contributed by atoms with van der Waals surface area (Å²) in [6.07, 6.45) is 5.36. The van der Waals surface area contributed by atoms with Crippen molar-refractivity contribution in [2.24, 2.45) is 23.2 Å². The molecule has 5 atom stereocenters. The zero-order valence-electron chi connectivity index (χ0n) is 23.1. The van der Waals surface area contributed by atoms with Crippen molar-refractivity contribution < 1.29 is 17.6 Å². The number of imidazole rings is 1. The first-order valence-corrected chi connectivity index (χ1v) is 15.0. The first-order valence-electron chi connectivity index (χ1n) is 15.0. The standard InChI is InChI=1S/C29H40F4N6O/c1-36-17-34-35-26(36)25(19-3-2-4-19)20-10-21(30)12-22(11-20)38-15-24-23(29(31,32)33)9-18(14-39(24)27(38)40)13-37-8-7-28(16-37)5-6-28/h9,14-15,19-22,25-26,34-35H,2-8,10-13,16-17H2,1H3/t20?,21?,22?,25-,26?/m1/s1. The molecule has 40 heavy (non-hydrogen) atoms. The summed E-state index contributed by atoms with van der Waals surface area (Å²) in [4.78, 5) is 18.1. The average molecular weight is 565 g/mol. The Morgan fingerprint density at radius 3 is 2.52 bits per heavy atom. The van der Waals surface area contributed by atoms with Gasteiger partial charge in [0.2, 0.25) is 0 Å². The Labute approximate surface area is 231 Å². The normalized spacial score (nSPS) is 32.2. The maximum absolute atomic E-state index is 15.4. The third-order valence-electron chi connectivity index (χ3n) is 10.7. The van der Waals surface area contributed by atoms with E-state index in [1.165, 1.54) is 36.1 Å². The van der Waals surface area contributed by atoms with Gasteiger partial charge in [-0.2, -0.15) is 13.2 Å². The van der Waals surface area contributed by atoms with Crippen molar-refractivity contribution in [3.63, 3.8) is 0 Å². The Morgan fingerprint density at radius 1 is 1.10 bits per heavy atom. The molecule has 7 rings (SSSR count). The van der Waals surface area contributed by atoms with Gasteiger partial charge < -0.3 is 0 Å². The summed E-state index contributed by atoms with van der Waals surface area (Å²) in [5, 5.41) is 0. The second-order valence-corrected chi connectivity index (χ2v) is 13.5. The summed E-state index contributed by atoms with van der Waals surface area (Å²) in [6.45, 7) is 2.88. The Balaban J connectivity index is 1.21. The van der Waals surface area contributed by atoms with Gasteiger partial charge in [-0.05, 0) is 86.9 Å². The van der Waals surface area contributed by atoms with Crippen molar-refractivity contribution in [2.45, 2.75) is 88.9 Å². The minimum atomic E-state index is -4.60. The van der Waals surface area contributed by atoms with E-state index >= 15 is 4.39 Å². The third kappa shape index (κ3) is 4.80. The molecule has 2 aromatic heterocycles. The molecular formula is C29H40F4N6O. The van der Waals surface area contributed by atoms with Crippen molar-refractivity contribution in [1.29, 1.82) is 0 Å². The van der Waals surface area contributed by atoms with Gasteiger partial charge >= 0.3 is 11.9 Å². The van der Waals surface area contributed by atoms with Gasteiger partial charge in [0.25, 0.3) is 0 Å². The van der Waals surface area contributed by atoms with Crippen LogP contribution in [0.5, 0.6) is 0 Å². The highest BCUT2D eigenvalue weighted by atomic mass is 19.4. The SMILES string of the molecule is CN1CNNC1[C@H](C1CCC1)C1CC(F)CC(n2cc3c(C(F)(F)F)cc(CN4CCC5(CC5)C4)cn3c2=O)C1. The molecule has 0 aromatic carbocycles. The van der Waals surface area contributed by atoms with E-state index in [0.717, 1.165) is 36.8 Å². The number of hydrogen-bond donors (Lipinski definition) is 2. The third-order valence-corrected chi connectivity index (χ3v) is 10.7. The molecular weight excluding hydrogens is 524 g/mol. The molecule has 2 aromatic rings. The van der Waals surface area contributed by atoms with Gasteiger partial charge in [0.15, 0.2) is 0 Å². The lowest BCUT2D eigenvalue weighted by atomic mass is 9.64. The molecule has 11 heteroatoms. The van der Waals surface area contributed by atoms with Crippen molar-refractivity contribution in [1.82, 2.24) is 29.6 Å². The summed E-state index contributed by atoms with van der Waals surface area (Å²) in [7, 11) is 2.05. The predicted octanol–water partition coefficient (Wildman–Crippen LogP) is 4.52. The topological polar surface area (TPSA) is 56.9 Å². The minimum Gasteiger partial charge on any atom is -0.298 e. The highest BCUT2D eigenvalue weighted by Gasteiger charge is 2.48. The minimum absolute atomic E-state index is 0.0383. The van der Waals surface area contributed by atoms with E-state index in [0.29, 0.717) is 43.0 Å². The fourth-order valence-electron chi connectivity index (χ4n) is 8.25. The molecule has 5 fully saturated rings. The maximum atomic E-state index is 15.4. The number of nitrogens with one attached hydrogen (secondary N) is 2. The van der Waals surface area contributed by atoms with Crippen LogP contribution in [0.1, 0.15) is 75.0 Å². The molecule has 3 aliphatic carbocycles. The van der Waals surface area contributed by atoms with Crippen LogP contribution in [0, 0.1) is 23.2 Å². The lowest BCUT2D eigenvalue weighted by Gasteiger charge is -2.46. The van der Waals surface area contributed by atoms with Crippen LogP contribution in [-0.4, -0.2) is 57.9 Å². The van der Waals surface area contributed by atoms with Crippen molar-refractivity contribution in [3.05, 3.63) is 40.1 Å². The van der Waals surface area contributed by atoms with Crippen LogP contribution in [0.2, 0.25) is 0 Å². The summed E-state index contributed by atoms with van der Waals surface area (Å²) in [5.74, 6) is 0.742. The zero-order chi connectivity index (χ0) is 27.8. The Kier molecular flexibility index (Phi) is 6.60. The molecule has 0 radical (unpaired) electrons. The number of alkyl halides is 4. The lowest BCUT2D eigenvalue weighted by molar-refractivity contribution is -0.136. The van der Waals surface area contributed by atoms with Gasteiger partial charge in [-0.1, -0.05) is 19.3 Å². The van der Waals surface area contributed by atoms with Crippen molar-refractivity contribution >= 4 is 5.52 Å². The van der Waals surface area contributed by atoms with Crippen molar-refractivity contribution in [3.8, 4) is 0 Å². The number of hydrogen-bond acceptors (Lipinski definition) is 5. The molecule has 0 bridgehead atoms. The molecule has 5 aliphatic rings. The molecule has 4 heterocycles. The second kappa shape index (κ2) is 9.81. The van der Waals surface area contributed by atoms with Crippen LogP contribution in [0.3, 0.4) is 0 Å². The predicted molar refractivity (Wildman–Crippen MR) is 143 cm³/mol. The molecule has 3 saturated carbocycles. The molecule has 0 amide bonds. The first-order chi connectivity index (χ1) is 19.1. The smallest absolute Gasteiger partial charge is 0.298 e. The lowest BCUT2D eigenvalue weighted by Crippen LogP contribution is -2.51. The van der Waals surface area contributed by atoms with E-state index in [2.05, 4.69) is 20.7 Å². The maximum Gasteiger partial charge on any atom is 0.418 e. The number of pyridine rings is 1. The fourth-order valence-corrected chi connectivity index (χ4v) is 8.25. The number of nitrogens with zero attached hydrogens (tertiary/aromatic N) is 4. The largest absolute Gasteiger partial charge is 0.418 e. The molecule has 220 valence electrons. The monoisotopic (exact) mass is 564 g/mol. The average Bonchev–Trinajstić information content (AvgIpc) is 3.14. The fraction of sp³-hybridized carbons (Fsp3) is 0.759. The zero-order valence-corrected chi connectivity index (χ0v) is 23.1. The highest BCUT2D eigenvalue weighted by molar-refractivity contribution is 5.56. The van der Waals surface area contributed by atoms with Crippen LogP contribution in [0.15, 0.2) is 23.3 Å². The van der Waals surface area contributed by atoms with E-state index in [1.54, 1.807) is 6.20 Å². The number of rotatable bonds is 6. The summed E-state index contributed by atoms with van der Waals surface area (Å²) in [6, 6.07) is 0.737. The molecule has 2 aliphatic heterocycles. The van der Waals surface area contributed by atoms with Crippen molar-refractivity contribution in [2.75, 3.05) is 26.8 Å². The Morgan fingerprint density at radius 2 is 1.90 bits per heavy atom. The highest BCUT2D eigenvalue weighted by Crippen LogP contribution is 2.53. The van der Waals surface area contributed by atoms with Gasteiger partial charge in [-0.25, -0.2) is 20.0 Å². The molecule has 1 spiro atoms. The van der Waals surface area contributed by atoms with Crippen LogP contribution in [-0.2, 0) is 12.7 Å². The van der Waals surface area contributed by atoms with Gasteiger partial charge in [0.1, 0.15) is 6.17 Å². The number of hydrazine groups is 1. The van der Waals surface area contributed by atoms with E-state index in [9.17, 15) is 18.0 Å². The number of fused-ring (bicyclic) bond motifs is 1. The van der Waals surface area contributed by atoms with E-state index < -0.39 is 29.6 Å². The summed E-state index contributed by atoms with van der Waals surface area (Å²) >= 11 is 0. The Bertz CT molecular complexity index is 1310. The summed E-state index contributed by atoms with van der Waals surface area (Å²) < 4.78 is 60.8. The van der Waals surface area contributed by atoms with Gasteiger partial charge in [0.05, 0.1) is 23.9 Å².